The summed E-state index contributed by atoms with van der Waals surface area (Å²) in [5.74, 6) is -0.721. The van der Waals surface area contributed by atoms with Crippen molar-refractivity contribution in [3.05, 3.63) is 35.6 Å². The summed E-state index contributed by atoms with van der Waals surface area (Å²) in [5, 5.41) is 3.05. The fourth-order valence-electron chi connectivity index (χ4n) is 2.54. The van der Waals surface area contributed by atoms with Crippen LogP contribution in [0.2, 0.25) is 0 Å². The molecule has 108 valence electrons. The minimum Gasteiger partial charge on any atom is -0.299 e. The number of likely N-dealkylation sites (tertiary alicyclic amines) is 1. The van der Waals surface area contributed by atoms with Crippen LogP contribution in [0.15, 0.2) is 24.3 Å². The van der Waals surface area contributed by atoms with E-state index >= 15 is 0 Å². The van der Waals surface area contributed by atoms with Gasteiger partial charge in [-0.15, -0.1) is 0 Å². The van der Waals surface area contributed by atoms with Crippen molar-refractivity contribution in [3.8, 4) is 0 Å². The van der Waals surface area contributed by atoms with Crippen molar-refractivity contribution in [2.24, 2.45) is 0 Å². The molecule has 0 saturated carbocycles. The minimum atomic E-state index is -0.570. The van der Waals surface area contributed by atoms with Gasteiger partial charge in [-0.3, -0.25) is 19.8 Å². The maximum atomic E-state index is 13.7. The van der Waals surface area contributed by atoms with Crippen LogP contribution in [-0.4, -0.2) is 28.8 Å². The number of carbonyl (C=O) groups is 2. The average molecular weight is 278 g/mol. The number of benzene rings is 1. The number of rotatable bonds is 4. The lowest BCUT2D eigenvalue weighted by Crippen LogP contribution is -2.42. The van der Waals surface area contributed by atoms with Crippen LogP contribution in [0.1, 0.15) is 38.8 Å². The van der Waals surface area contributed by atoms with E-state index in [1.807, 2.05) is 0 Å². The Morgan fingerprint density at radius 1 is 1.25 bits per heavy atom. The molecule has 2 amide bonds. The first-order valence-electron chi connectivity index (χ1n) is 6.78. The van der Waals surface area contributed by atoms with Crippen molar-refractivity contribution in [2.75, 3.05) is 0 Å². The largest absolute Gasteiger partial charge is 0.299 e. The molecule has 4 nitrogen and oxygen atoms in total. The van der Waals surface area contributed by atoms with Gasteiger partial charge in [0, 0.05) is 17.6 Å². The first kappa shape index (κ1) is 14.7. The molecule has 0 aliphatic carbocycles. The van der Waals surface area contributed by atoms with E-state index in [9.17, 15) is 14.0 Å². The molecule has 0 spiro atoms. The number of halogens is 1. The highest BCUT2D eigenvalue weighted by Gasteiger charge is 2.40. The zero-order valence-electron chi connectivity index (χ0n) is 11.9. The molecule has 1 fully saturated rings. The third kappa shape index (κ3) is 2.72. The molecule has 1 aromatic rings. The fourth-order valence-corrected chi connectivity index (χ4v) is 2.54. The van der Waals surface area contributed by atoms with Gasteiger partial charge in [-0.25, -0.2) is 4.39 Å². The van der Waals surface area contributed by atoms with E-state index in [1.54, 1.807) is 39.0 Å². The Bertz CT molecular complexity index is 530. The molecule has 2 unspecified atom stereocenters. The Kier molecular flexibility index (Phi) is 4.18. The van der Waals surface area contributed by atoms with Crippen LogP contribution in [0.5, 0.6) is 0 Å². The summed E-state index contributed by atoms with van der Waals surface area (Å²) >= 11 is 0. The maximum absolute atomic E-state index is 13.7. The molecule has 1 heterocycles. The summed E-state index contributed by atoms with van der Waals surface area (Å²) in [6, 6.07) is 5.38. The summed E-state index contributed by atoms with van der Waals surface area (Å²) in [6.45, 7) is 5.39. The number of carbonyl (C=O) groups excluding carboxylic acids is 2. The second-order valence-electron chi connectivity index (χ2n) is 5.36. The Balaban J connectivity index is 2.10. The summed E-state index contributed by atoms with van der Waals surface area (Å²) in [5.41, 5.74) is 0.496. The highest BCUT2D eigenvalue weighted by molar-refractivity contribution is 6.05. The molecule has 2 rings (SSSR count). The number of nitrogens with one attached hydrogen (secondary N) is 1. The van der Waals surface area contributed by atoms with Crippen molar-refractivity contribution in [1.82, 2.24) is 10.2 Å². The smallest absolute Gasteiger partial charge is 0.247 e. The van der Waals surface area contributed by atoms with E-state index in [4.69, 9.17) is 0 Å². The standard InChI is InChI=1S/C15H19FN2O2/c1-9(2)18-14(19)8-13(15(18)20)17-10(3)11-6-4-5-7-12(11)16/h4-7,9-10,13,17H,8H2,1-3H3. The second kappa shape index (κ2) is 5.71. The van der Waals surface area contributed by atoms with Crippen LogP contribution in [0.4, 0.5) is 4.39 Å². The number of hydrogen-bond acceptors (Lipinski definition) is 3. The van der Waals surface area contributed by atoms with Crippen molar-refractivity contribution in [1.29, 1.82) is 0 Å². The van der Waals surface area contributed by atoms with Gasteiger partial charge in [-0.2, -0.15) is 0 Å². The van der Waals surface area contributed by atoms with Gasteiger partial charge in [0.15, 0.2) is 0 Å². The first-order chi connectivity index (χ1) is 9.41. The highest BCUT2D eigenvalue weighted by Crippen LogP contribution is 2.21. The monoisotopic (exact) mass is 278 g/mol. The van der Waals surface area contributed by atoms with Gasteiger partial charge >= 0.3 is 0 Å². The van der Waals surface area contributed by atoms with Gasteiger partial charge in [0.25, 0.3) is 0 Å². The van der Waals surface area contributed by atoms with E-state index in [2.05, 4.69) is 5.32 Å². The zero-order valence-corrected chi connectivity index (χ0v) is 11.9. The van der Waals surface area contributed by atoms with Gasteiger partial charge in [0.05, 0.1) is 12.5 Å². The third-order valence-electron chi connectivity index (χ3n) is 3.52. The molecule has 0 aromatic heterocycles. The van der Waals surface area contributed by atoms with Crippen LogP contribution < -0.4 is 5.32 Å². The average Bonchev–Trinajstić information content (AvgIpc) is 2.64. The molecule has 0 bridgehead atoms. The molecule has 5 heteroatoms. The first-order valence-corrected chi connectivity index (χ1v) is 6.78. The van der Waals surface area contributed by atoms with E-state index in [1.165, 1.54) is 11.0 Å². The molecule has 1 saturated heterocycles. The van der Waals surface area contributed by atoms with Crippen molar-refractivity contribution < 1.29 is 14.0 Å². The Morgan fingerprint density at radius 2 is 1.90 bits per heavy atom. The normalized spacial score (nSPS) is 20.9. The van der Waals surface area contributed by atoms with Gasteiger partial charge in [0.1, 0.15) is 5.82 Å². The van der Waals surface area contributed by atoms with Crippen molar-refractivity contribution in [3.63, 3.8) is 0 Å². The predicted molar refractivity (Wildman–Crippen MR) is 73.3 cm³/mol. The molecular formula is C15H19FN2O2. The third-order valence-corrected chi connectivity index (χ3v) is 3.52. The zero-order chi connectivity index (χ0) is 14.9. The molecule has 2 atom stereocenters. The van der Waals surface area contributed by atoms with Gasteiger partial charge < -0.3 is 0 Å². The Morgan fingerprint density at radius 3 is 2.45 bits per heavy atom. The summed E-state index contributed by atoms with van der Waals surface area (Å²) < 4.78 is 13.7. The van der Waals surface area contributed by atoms with Crippen molar-refractivity contribution in [2.45, 2.75) is 45.3 Å². The minimum absolute atomic E-state index is 0.135. The summed E-state index contributed by atoms with van der Waals surface area (Å²) in [4.78, 5) is 25.2. The molecular weight excluding hydrogens is 259 g/mol. The van der Waals surface area contributed by atoms with Gasteiger partial charge in [-0.05, 0) is 26.8 Å². The molecule has 20 heavy (non-hydrogen) atoms. The SMILES string of the molecule is CC(NC1CC(=O)N(C(C)C)C1=O)c1ccccc1F. The molecule has 1 aliphatic rings. The molecule has 1 N–H and O–H groups in total. The van der Waals surface area contributed by atoms with Crippen LogP contribution in [0.3, 0.4) is 0 Å². The Hall–Kier alpha value is -1.75. The van der Waals surface area contributed by atoms with E-state index < -0.39 is 6.04 Å². The molecule has 0 radical (unpaired) electrons. The quantitative estimate of drug-likeness (QED) is 0.857. The van der Waals surface area contributed by atoms with Crippen LogP contribution in [-0.2, 0) is 9.59 Å². The number of hydrogen-bond donors (Lipinski definition) is 1. The van der Waals surface area contributed by atoms with Crippen molar-refractivity contribution >= 4 is 11.8 Å². The maximum Gasteiger partial charge on any atom is 0.247 e. The lowest BCUT2D eigenvalue weighted by atomic mass is 10.1. The predicted octanol–water partition coefficient (Wildman–Crippen LogP) is 2.01. The van der Waals surface area contributed by atoms with Crippen LogP contribution >= 0.6 is 0 Å². The van der Waals surface area contributed by atoms with E-state index in [-0.39, 0.29) is 36.1 Å². The summed E-state index contributed by atoms with van der Waals surface area (Å²) in [7, 11) is 0. The number of amides is 2. The lowest BCUT2D eigenvalue weighted by molar-refractivity contribution is -0.140. The molecule has 1 aromatic carbocycles. The Labute approximate surface area is 118 Å². The topological polar surface area (TPSA) is 49.4 Å². The van der Waals surface area contributed by atoms with Gasteiger partial charge in [-0.1, -0.05) is 18.2 Å². The second-order valence-corrected chi connectivity index (χ2v) is 5.36. The number of imide groups is 1. The molecule has 1 aliphatic heterocycles. The highest BCUT2D eigenvalue weighted by atomic mass is 19.1. The lowest BCUT2D eigenvalue weighted by Gasteiger charge is -2.21. The van der Waals surface area contributed by atoms with Crippen LogP contribution in [0, 0.1) is 5.82 Å². The van der Waals surface area contributed by atoms with Crippen LogP contribution in [0.25, 0.3) is 0 Å². The fraction of sp³-hybridized carbons (Fsp3) is 0.467. The van der Waals surface area contributed by atoms with E-state index in [0.29, 0.717) is 5.56 Å². The summed E-state index contributed by atoms with van der Waals surface area (Å²) in [6.07, 6.45) is 0.135. The number of nitrogens with zero attached hydrogens (tertiary/aromatic N) is 1. The van der Waals surface area contributed by atoms with Gasteiger partial charge in [0.2, 0.25) is 11.8 Å². The van der Waals surface area contributed by atoms with E-state index in [0.717, 1.165) is 0 Å².